The highest BCUT2D eigenvalue weighted by Crippen LogP contribution is 2.22. The molecule has 0 aliphatic rings. The minimum absolute atomic E-state index is 0.322. The summed E-state index contributed by atoms with van der Waals surface area (Å²) in [5.74, 6) is 0.933. The number of hydrogen-bond acceptors (Lipinski definition) is 2. The molecule has 0 aliphatic heterocycles. The van der Waals surface area contributed by atoms with E-state index in [2.05, 4.69) is 49.5 Å². The number of rotatable bonds is 6. The molecule has 0 saturated carbocycles. The van der Waals surface area contributed by atoms with Crippen molar-refractivity contribution < 1.29 is 4.74 Å². The minimum Gasteiger partial charge on any atom is -0.494 e. The quantitative estimate of drug-likeness (QED) is 0.857. The van der Waals surface area contributed by atoms with E-state index in [1.54, 1.807) is 0 Å². The van der Waals surface area contributed by atoms with Crippen LogP contribution in [0.5, 0.6) is 5.75 Å². The second kappa shape index (κ2) is 7.28. The Kier molecular flexibility index (Phi) is 5.40. The van der Waals surface area contributed by atoms with Crippen LogP contribution < -0.4 is 10.1 Å². The summed E-state index contributed by atoms with van der Waals surface area (Å²) >= 11 is 0. The van der Waals surface area contributed by atoms with E-state index in [4.69, 9.17) is 4.74 Å². The molecule has 21 heavy (non-hydrogen) atoms. The predicted molar refractivity (Wildman–Crippen MR) is 89.0 cm³/mol. The number of nitrogens with one attached hydrogen (secondary N) is 1. The summed E-state index contributed by atoms with van der Waals surface area (Å²) in [7, 11) is 2.02. The zero-order valence-electron chi connectivity index (χ0n) is 13.4. The Balaban J connectivity index is 2.13. The molecule has 2 nitrogen and oxygen atoms in total. The van der Waals surface area contributed by atoms with Crippen LogP contribution in [-0.4, -0.2) is 13.7 Å². The molecule has 0 aliphatic carbocycles. The summed E-state index contributed by atoms with van der Waals surface area (Å²) in [5, 5.41) is 3.41. The van der Waals surface area contributed by atoms with Crippen LogP contribution in [0.4, 0.5) is 0 Å². The Morgan fingerprint density at radius 3 is 2.29 bits per heavy atom. The van der Waals surface area contributed by atoms with Crippen LogP contribution in [0.2, 0.25) is 0 Å². The maximum absolute atomic E-state index is 5.50. The second-order valence-corrected chi connectivity index (χ2v) is 5.47. The first-order valence-corrected chi connectivity index (χ1v) is 7.60. The van der Waals surface area contributed by atoms with Gasteiger partial charge in [-0.25, -0.2) is 0 Å². The molecular formula is C19H25NO. The molecule has 0 spiro atoms. The highest BCUT2D eigenvalue weighted by molar-refractivity contribution is 5.33. The minimum atomic E-state index is 0.322. The molecule has 112 valence electrons. The third-order valence-corrected chi connectivity index (χ3v) is 3.95. The van der Waals surface area contributed by atoms with Crippen LogP contribution in [0.25, 0.3) is 0 Å². The molecule has 2 heteroatoms. The number of aryl methyl sites for hydroxylation is 2. The van der Waals surface area contributed by atoms with Crippen molar-refractivity contribution in [1.29, 1.82) is 0 Å². The van der Waals surface area contributed by atoms with E-state index in [0.717, 1.165) is 12.2 Å². The highest BCUT2D eigenvalue weighted by Gasteiger charge is 2.10. The van der Waals surface area contributed by atoms with Gasteiger partial charge in [-0.1, -0.05) is 30.3 Å². The van der Waals surface area contributed by atoms with Crippen LogP contribution in [-0.2, 0) is 6.42 Å². The standard InChI is InChI=1S/C19H25NO/c1-5-21-18-10-8-17(9-11-18)19(20-4)13-16-7-6-14(2)15(3)12-16/h6-12,19-20H,5,13H2,1-4H3. The largest absolute Gasteiger partial charge is 0.494 e. The normalized spacial score (nSPS) is 12.2. The smallest absolute Gasteiger partial charge is 0.119 e. The molecule has 0 bridgehead atoms. The van der Waals surface area contributed by atoms with Crippen molar-refractivity contribution in [3.8, 4) is 5.75 Å². The monoisotopic (exact) mass is 283 g/mol. The Bertz CT molecular complexity index is 575. The lowest BCUT2D eigenvalue weighted by atomic mass is 9.96. The van der Waals surface area contributed by atoms with Gasteiger partial charge in [0.25, 0.3) is 0 Å². The predicted octanol–water partition coefficient (Wildman–Crippen LogP) is 4.21. The van der Waals surface area contributed by atoms with Gasteiger partial charge in [-0.2, -0.15) is 0 Å². The summed E-state index contributed by atoms with van der Waals surface area (Å²) in [6, 6.07) is 15.4. The Labute approximate surface area is 128 Å². The van der Waals surface area contributed by atoms with Crippen molar-refractivity contribution in [1.82, 2.24) is 5.32 Å². The van der Waals surface area contributed by atoms with Crippen LogP contribution >= 0.6 is 0 Å². The lowest BCUT2D eigenvalue weighted by Crippen LogP contribution is -2.18. The molecule has 1 unspecified atom stereocenters. The summed E-state index contributed by atoms with van der Waals surface area (Å²) in [4.78, 5) is 0. The average molecular weight is 283 g/mol. The van der Waals surface area contributed by atoms with Gasteiger partial charge in [-0.3, -0.25) is 0 Å². The first-order valence-electron chi connectivity index (χ1n) is 7.60. The van der Waals surface area contributed by atoms with Gasteiger partial charge in [0.15, 0.2) is 0 Å². The highest BCUT2D eigenvalue weighted by atomic mass is 16.5. The number of benzene rings is 2. The molecule has 1 atom stereocenters. The van der Waals surface area contributed by atoms with Gasteiger partial charge < -0.3 is 10.1 Å². The molecule has 0 fully saturated rings. The van der Waals surface area contributed by atoms with Crippen molar-refractivity contribution in [2.45, 2.75) is 33.2 Å². The molecule has 1 N–H and O–H groups in total. The fourth-order valence-corrected chi connectivity index (χ4v) is 2.52. The van der Waals surface area contributed by atoms with Crippen LogP contribution in [0.1, 0.15) is 35.2 Å². The third-order valence-electron chi connectivity index (χ3n) is 3.95. The van der Waals surface area contributed by atoms with E-state index in [0.29, 0.717) is 12.6 Å². The van der Waals surface area contributed by atoms with Crippen LogP contribution in [0, 0.1) is 13.8 Å². The molecule has 2 aromatic carbocycles. The van der Waals surface area contributed by atoms with Gasteiger partial charge in [0, 0.05) is 6.04 Å². The number of likely N-dealkylation sites (N-methyl/N-ethyl adjacent to an activating group) is 1. The summed E-state index contributed by atoms with van der Waals surface area (Å²) < 4.78 is 5.50. The molecule has 2 rings (SSSR count). The topological polar surface area (TPSA) is 21.3 Å². The molecule has 0 amide bonds. The van der Waals surface area contributed by atoms with Crippen molar-refractivity contribution in [2.24, 2.45) is 0 Å². The molecular weight excluding hydrogens is 258 g/mol. The molecule has 0 radical (unpaired) electrons. The maximum Gasteiger partial charge on any atom is 0.119 e. The fourth-order valence-electron chi connectivity index (χ4n) is 2.52. The van der Waals surface area contributed by atoms with Crippen molar-refractivity contribution in [3.63, 3.8) is 0 Å². The average Bonchev–Trinajstić information content (AvgIpc) is 2.50. The van der Waals surface area contributed by atoms with Gasteiger partial charge in [-0.05, 0) is 68.6 Å². The van der Waals surface area contributed by atoms with Crippen molar-refractivity contribution >= 4 is 0 Å². The van der Waals surface area contributed by atoms with Gasteiger partial charge in [0.2, 0.25) is 0 Å². The van der Waals surface area contributed by atoms with E-state index in [-0.39, 0.29) is 0 Å². The van der Waals surface area contributed by atoms with Gasteiger partial charge in [0.1, 0.15) is 5.75 Å². The lowest BCUT2D eigenvalue weighted by Gasteiger charge is -2.18. The van der Waals surface area contributed by atoms with E-state index in [1.807, 2.05) is 26.1 Å². The summed E-state index contributed by atoms with van der Waals surface area (Å²) in [5.41, 5.74) is 5.36. The first-order chi connectivity index (χ1) is 10.1. The van der Waals surface area contributed by atoms with Crippen molar-refractivity contribution in [3.05, 3.63) is 64.7 Å². The fraction of sp³-hybridized carbons (Fsp3) is 0.368. The van der Waals surface area contributed by atoms with E-state index < -0.39 is 0 Å². The van der Waals surface area contributed by atoms with Crippen LogP contribution in [0.15, 0.2) is 42.5 Å². The molecule has 2 aromatic rings. The number of ether oxygens (including phenoxy) is 1. The molecule has 0 heterocycles. The Morgan fingerprint density at radius 2 is 1.71 bits per heavy atom. The Hall–Kier alpha value is -1.80. The molecule has 0 saturated heterocycles. The zero-order valence-corrected chi connectivity index (χ0v) is 13.4. The van der Waals surface area contributed by atoms with E-state index in [1.165, 1.54) is 22.3 Å². The van der Waals surface area contributed by atoms with Crippen molar-refractivity contribution in [2.75, 3.05) is 13.7 Å². The maximum atomic E-state index is 5.50. The third kappa shape index (κ3) is 4.08. The van der Waals surface area contributed by atoms with Gasteiger partial charge >= 0.3 is 0 Å². The first kappa shape index (κ1) is 15.6. The SMILES string of the molecule is CCOc1ccc(C(Cc2ccc(C)c(C)c2)NC)cc1. The van der Waals surface area contributed by atoms with Crippen LogP contribution in [0.3, 0.4) is 0 Å². The number of hydrogen-bond donors (Lipinski definition) is 1. The summed E-state index contributed by atoms with van der Waals surface area (Å²) in [6.45, 7) is 7.03. The van der Waals surface area contributed by atoms with Gasteiger partial charge in [-0.15, -0.1) is 0 Å². The zero-order chi connectivity index (χ0) is 15.2. The Morgan fingerprint density at radius 1 is 1.00 bits per heavy atom. The summed E-state index contributed by atoms with van der Waals surface area (Å²) in [6.07, 6.45) is 0.992. The molecule has 0 aromatic heterocycles. The second-order valence-electron chi connectivity index (χ2n) is 5.47. The van der Waals surface area contributed by atoms with E-state index in [9.17, 15) is 0 Å². The van der Waals surface area contributed by atoms with Gasteiger partial charge in [0.05, 0.1) is 6.61 Å². The van der Waals surface area contributed by atoms with E-state index >= 15 is 0 Å². The lowest BCUT2D eigenvalue weighted by molar-refractivity contribution is 0.340.